The molecule has 1 aromatic rings. The molecule has 0 spiro atoms. The van der Waals surface area contributed by atoms with Gasteiger partial charge in [0, 0.05) is 13.0 Å². The summed E-state index contributed by atoms with van der Waals surface area (Å²) < 4.78 is 5.17. The van der Waals surface area contributed by atoms with Gasteiger partial charge in [-0.1, -0.05) is 12.1 Å². The van der Waals surface area contributed by atoms with E-state index in [0.717, 1.165) is 51.1 Å². The zero-order chi connectivity index (χ0) is 15.1. The highest BCUT2D eigenvalue weighted by Crippen LogP contribution is 2.21. The number of likely N-dealkylation sites (tertiary alicyclic amines) is 1. The summed E-state index contributed by atoms with van der Waals surface area (Å²) in [4.78, 5) is 13.3. The predicted molar refractivity (Wildman–Crippen MR) is 90.0 cm³/mol. The van der Waals surface area contributed by atoms with Crippen molar-refractivity contribution in [3.8, 4) is 5.75 Å². The Morgan fingerprint density at radius 2 is 2.00 bits per heavy atom. The molecule has 1 fully saturated rings. The molecule has 1 N–H and O–H groups in total. The molecule has 0 bridgehead atoms. The van der Waals surface area contributed by atoms with Crippen molar-refractivity contribution >= 4 is 18.4 Å². The van der Waals surface area contributed by atoms with Crippen molar-refractivity contribution in [2.24, 2.45) is 5.92 Å². The molecule has 1 atom stereocenters. The minimum atomic E-state index is -0.660. The minimum Gasteiger partial charge on any atom is -0.497 e. The zero-order valence-corrected chi connectivity index (χ0v) is 14.0. The molecule has 22 heavy (non-hydrogen) atoms. The summed E-state index contributed by atoms with van der Waals surface area (Å²) in [5.74, 6) is 0.588. The Balaban J connectivity index is 0.00000242. The maximum absolute atomic E-state index is 10.8. The van der Waals surface area contributed by atoms with Crippen LogP contribution in [0.3, 0.4) is 0 Å². The topological polar surface area (TPSA) is 49.8 Å². The first-order valence-electron chi connectivity index (χ1n) is 7.74. The molecule has 1 saturated heterocycles. The SMILES string of the molecule is COc1ccc(CCN2CCCC(CC(=O)O)CC2)cc1.Cl. The van der Waals surface area contributed by atoms with Crippen molar-refractivity contribution in [1.82, 2.24) is 4.90 Å². The molecule has 0 aliphatic carbocycles. The molecule has 124 valence electrons. The molecule has 2 rings (SSSR count). The molecule has 0 radical (unpaired) electrons. The Morgan fingerprint density at radius 3 is 2.64 bits per heavy atom. The van der Waals surface area contributed by atoms with Crippen molar-refractivity contribution in [1.29, 1.82) is 0 Å². The lowest BCUT2D eigenvalue weighted by Crippen LogP contribution is -2.27. The second-order valence-corrected chi connectivity index (χ2v) is 5.83. The van der Waals surface area contributed by atoms with Crippen molar-refractivity contribution in [2.75, 3.05) is 26.7 Å². The van der Waals surface area contributed by atoms with E-state index in [1.54, 1.807) is 7.11 Å². The fraction of sp³-hybridized carbons (Fsp3) is 0.588. The summed E-state index contributed by atoms with van der Waals surface area (Å²) >= 11 is 0. The lowest BCUT2D eigenvalue weighted by atomic mass is 9.97. The van der Waals surface area contributed by atoms with Crippen LogP contribution in [-0.2, 0) is 11.2 Å². The Hall–Kier alpha value is -1.26. The average Bonchev–Trinajstić information content (AvgIpc) is 2.70. The van der Waals surface area contributed by atoms with Crippen LogP contribution in [0, 0.1) is 5.92 Å². The van der Waals surface area contributed by atoms with Gasteiger partial charge < -0.3 is 14.7 Å². The molecule has 1 heterocycles. The summed E-state index contributed by atoms with van der Waals surface area (Å²) in [6.45, 7) is 3.16. The third-order valence-corrected chi connectivity index (χ3v) is 4.28. The van der Waals surface area contributed by atoms with E-state index < -0.39 is 5.97 Å². The number of methoxy groups -OCH3 is 1. The number of carboxylic acid groups (broad SMARTS) is 1. The fourth-order valence-corrected chi connectivity index (χ4v) is 2.98. The quantitative estimate of drug-likeness (QED) is 0.871. The van der Waals surface area contributed by atoms with Gasteiger partial charge in [-0.3, -0.25) is 4.79 Å². The zero-order valence-electron chi connectivity index (χ0n) is 13.2. The first kappa shape index (κ1) is 18.8. The largest absolute Gasteiger partial charge is 0.497 e. The van der Waals surface area contributed by atoms with E-state index in [1.165, 1.54) is 5.56 Å². The highest BCUT2D eigenvalue weighted by Gasteiger charge is 2.18. The van der Waals surface area contributed by atoms with Gasteiger partial charge in [0.25, 0.3) is 0 Å². The summed E-state index contributed by atoms with van der Waals surface area (Å²) in [5.41, 5.74) is 1.32. The normalized spacial score (nSPS) is 19.0. The van der Waals surface area contributed by atoms with Crippen LogP contribution >= 0.6 is 12.4 Å². The molecule has 4 nitrogen and oxygen atoms in total. The van der Waals surface area contributed by atoms with Crippen molar-refractivity contribution in [3.63, 3.8) is 0 Å². The van der Waals surface area contributed by atoms with E-state index in [1.807, 2.05) is 12.1 Å². The second-order valence-electron chi connectivity index (χ2n) is 5.83. The van der Waals surface area contributed by atoms with E-state index in [4.69, 9.17) is 9.84 Å². The standard InChI is InChI=1S/C17H25NO3.ClH/c1-21-16-6-4-14(5-7-16)8-11-18-10-2-3-15(9-12-18)13-17(19)20;/h4-7,15H,2-3,8-13H2,1H3,(H,19,20);1H. The summed E-state index contributed by atoms with van der Waals surface area (Å²) in [7, 11) is 1.68. The molecule has 1 aliphatic rings. The maximum Gasteiger partial charge on any atom is 0.303 e. The van der Waals surface area contributed by atoms with Crippen LogP contribution in [0.15, 0.2) is 24.3 Å². The number of ether oxygens (including phenoxy) is 1. The van der Waals surface area contributed by atoms with E-state index in [-0.39, 0.29) is 12.4 Å². The van der Waals surface area contributed by atoms with Gasteiger partial charge in [0.2, 0.25) is 0 Å². The summed E-state index contributed by atoms with van der Waals surface area (Å²) in [6.07, 6.45) is 4.53. The van der Waals surface area contributed by atoms with Crippen LogP contribution in [0.25, 0.3) is 0 Å². The van der Waals surface area contributed by atoms with Crippen molar-refractivity contribution in [3.05, 3.63) is 29.8 Å². The van der Waals surface area contributed by atoms with E-state index in [2.05, 4.69) is 17.0 Å². The van der Waals surface area contributed by atoms with Gasteiger partial charge in [0.05, 0.1) is 7.11 Å². The number of carbonyl (C=O) groups is 1. The summed E-state index contributed by atoms with van der Waals surface area (Å²) in [5, 5.41) is 8.89. The molecular formula is C17H26ClNO3. The molecule has 0 aromatic heterocycles. The number of hydrogen-bond donors (Lipinski definition) is 1. The highest BCUT2D eigenvalue weighted by molar-refractivity contribution is 5.85. The van der Waals surface area contributed by atoms with Gasteiger partial charge in [-0.2, -0.15) is 0 Å². The number of benzene rings is 1. The van der Waals surface area contributed by atoms with Gasteiger partial charge in [-0.25, -0.2) is 0 Å². The van der Waals surface area contributed by atoms with Crippen molar-refractivity contribution < 1.29 is 14.6 Å². The molecule has 0 saturated carbocycles. The second kappa shape index (κ2) is 9.70. The van der Waals surface area contributed by atoms with Crippen LogP contribution in [-0.4, -0.2) is 42.7 Å². The smallest absolute Gasteiger partial charge is 0.303 e. The molecule has 1 aliphatic heterocycles. The average molecular weight is 328 g/mol. The van der Waals surface area contributed by atoms with Crippen LogP contribution in [0.1, 0.15) is 31.2 Å². The van der Waals surface area contributed by atoms with Crippen LogP contribution in [0.2, 0.25) is 0 Å². The third-order valence-electron chi connectivity index (χ3n) is 4.28. The molecule has 1 unspecified atom stereocenters. The van der Waals surface area contributed by atoms with Gasteiger partial charge in [-0.05, 0) is 62.4 Å². The van der Waals surface area contributed by atoms with Crippen LogP contribution < -0.4 is 4.74 Å². The number of nitrogens with zero attached hydrogens (tertiary/aromatic N) is 1. The van der Waals surface area contributed by atoms with E-state index in [9.17, 15) is 4.79 Å². The number of rotatable bonds is 6. The lowest BCUT2D eigenvalue weighted by molar-refractivity contribution is -0.138. The van der Waals surface area contributed by atoms with Crippen molar-refractivity contribution in [2.45, 2.75) is 32.1 Å². The number of hydrogen-bond acceptors (Lipinski definition) is 3. The fourth-order valence-electron chi connectivity index (χ4n) is 2.98. The molecule has 1 aromatic carbocycles. The van der Waals surface area contributed by atoms with Crippen LogP contribution in [0.5, 0.6) is 5.75 Å². The Kier molecular flexibility index (Phi) is 8.28. The van der Waals surface area contributed by atoms with Crippen LogP contribution in [0.4, 0.5) is 0 Å². The van der Waals surface area contributed by atoms with Gasteiger partial charge >= 0.3 is 5.97 Å². The van der Waals surface area contributed by atoms with Gasteiger partial charge in [-0.15, -0.1) is 12.4 Å². The first-order valence-corrected chi connectivity index (χ1v) is 7.74. The van der Waals surface area contributed by atoms with Gasteiger partial charge in [0.1, 0.15) is 5.75 Å². The Labute approximate surface area is 138 Å². The molecule has 5 heteroatoms. The van der Waals surface area contributed by atoms with Gasteiger partial charge in [0.15, 0.2) is 0 Å². The maximum atomic E-state index is 10.8. The van der Waals surface area contributed by atoms with E-state index in [0.29, 0.717) is 12.3 Å². The number of halogens is 1. The monoisotopic (exact) mass is 327 g/mol. The van der Waals surface area contributed by atoms with E-state index >= 15 is 0 Å². The first-order chi connectivity index (χ1) is 10.2. The molecule has 0 amide bonds. The molecular weight excluding hydrogens is 302 g/mol. The Morgan fingerprint density at radius 1 is 1.27 bits per heavy atom. The number of carboxylic acids is 1. The number of aliphatic carboxylic acids is 1. The minimum absolute atomic E-state index is 0. The predicted octanol–water partition coefficient (Wildman–Crippen LogP) is 3.24. The third kappa shape index (κ3) is 6.24. The summed E-state index contributed by atoms with van der Waals surface area (Å²) in [6, 6.07) is 8.23. The highest BCUT2D eigenvalue weighted by atomic mass is 35.5. The lowest BCUT2D eigenvalue weighted by Gasteiger charge is -2.20. The Bertz CT molecular complexity index is 450.